The lowest BCUT2D eigenvalue weighted by molar-refractivity contribution is -0.749. The molecule has 0 radical (unpaired) electrons. The molecule has 0 atom stereocenters. The van der Waals surface area contributed by atoms with Crippen molar-refractivity contribution in [3.63, 3.8) is 0 Å². The largest absolute Gasteiger partial charge is 0.238 e. The Morgan fingerprint density at radius 2 is 0.550 bits per heavy atom. The zero-order valence-electron chi connectivity index (χ0n) is 75.2. The zero-order chi connectivity index (χ0) is 89.7. The predicted molar refractivity (Wildman–Crippen MR) is 509 cm³/mol. The Kier molecular flexibility index (Phi) is 19.5. The first-order valence-electron chi connectivity index (χ1n) is 43.6. The van der Waals surface area contributed by atoms with E-state index >= 15 is 0 Å². The third-order valence-electron chi connectivity index (χ3n) is 28.1. The van der Waals surface area contributed by atoms with Crippen LogP contribution in [0, 0.1) is 143 Å². The van der Waals surface area contributed by atoms with Crippen molar-refractivity contribution in [1.29, 1.82) is 0 Å². The van der Waals surface area contributed by atoms with Gasteiger partial charge in [0, 0.05) is 16.7 Å². The Bertz CT molecular complexity index is 8440. The topological polar surface area (TPSA) is 79.0 Å². The lowest BCUT2D eigenvalue weighted by Gasteiger charge is -2.13. The molecule has 18 nitrogen and oxygen atoms in total. The summed E-state index contributed by atoms with van der Waals surface area (Å²) in [5, 5.41) is 7.09. The molecule has 25 rings (SSSR count). The van der Waals surface area contributed by atoms with Gasteiger partial charge < -0.3 is 0 Å². The normalized spacial score (nSPS) is 12.2. The first kappa shape index (κ1) is 81.0. The minimum Gasteiger partial charge on any atom is -0.238 e. The quantitative estimate of drug-likeness (QED) is 0.116. The molecule has 12 heterocycles. The molecular weight excluding hydrogens is 1590 g/mol. The lowest BCUT2D eigenvalue weighted by Crippen LogP contribution is -2.36. The van der Waals surface area contributed by atoms with Gasteiger partial charge in [-0.2, -0.15) is 0 Å². The minimum absolute atomic E-state index is 0.677. The number of hydrogen-bond acceptors (Lipinski definition) is 0. The van der Waals surface area contributed by atoms with Crippen LogP contribution in [0.4, 0.5) is 34.1 Å². The maximum Gasteiger partial charge on any atom is 0.204 e. The first-order chi connectivity index (χ1) is 62.3. The summed E-state index contributed by atoms with van der Waals surface area (Å²) in [6.45, 7) is 81.6. The van der Waals surface area contributed by atoms with Gasteiger partial charge >= 0.3 is 0 Å². The third-order valence-corrected chi connectivity index (χ3v) is 28.1. The lowest BCUT2D eigenvalue weighted by atomic mass is 9.92. The Balaban J connectivity index is 0.0000000971. The summed E-state index contributed by atoms with van der Waals surface area (Å²) in [4.78, 5) is 21.4. The molecule has 0 aliphatic carbocycles. The van der Waals surface area contributed by atoms with Crippen molar-refractivity contribution in [3.8, 4) is 45.3 Å². The summed E-state index contributed by atoms with van der Waals surface area (Å²) in [6, 6.07) is 63.8. The van der Waals surface area contributed by atoms with E-state index < -0.39 is 0 Å². The Morgan fingerprint density at radius 3 is 1.03 bits per heavy atom. The first-order valence-corrected chi connectivity index (χ1v) is 43.6. The van der Waals surface area contributed by atoms with Crippen LogP contribution in [0.2, 0.25) is 0 Å². The van der Waals surface area contributed by atoms with Gasteiger partial charge in [-0.05, 0) is 265 Å². The molecular formula is C111H94N18+6. The van der Waals surface area contributed by atoms with Gasteiger partial charge in [0.1, 0.15) is 67.2 Å². The summed E-state index contributed by atoms with van der Waals surface area (Å²) in [6.07, 6.45) is 13.0. The molecule has 0 unspecified atom stereocenters. The molecule has 0 amide bonds. The van der Waals surface area contributed by atoms with Crippen molar-refractivity contribution in [3.05, 3.63) is 411 Å². The van der Waals surface area contributed by atoms with Crippen LogP contribution in [0.3, 0.4) is 0 Å². The highest BCUT2D eigenvalue weighted by atomic mass is 15.5. The van der Waals surface area contributed by atoms with Crippen molar-refractivity contribution in [2.45, 2.75) is 143 Å². The fraction of sp³-hybridized carbons (Fsp3) is 0.189. The second-order valence-electron chi connectivity index (χ2n) is 35.3. The van der Waals surface area contributed by atoms with Gasteiger partial charge in [0.25, 0.3) is 0 Å². The smallest absolute Gasteiger partial charge is 0.204 e. The highest BCUT2D eigenvalue weighted by Gasteiger charge is 2.38. The monoisotopic (exact) mass is 1680 g/mol. The van der Waals surface area contributed by atoms with E-state index in [-0.39, 0.29) is 0 Å². The summed E-state index contributed by atoms with van der Waals surface area (Å²) in [5.41, 5.74) is 49.4. The van der Waals surface area contributed by atoms with Gasteiger partial charge in [0.15, 0.2) is 73.4 Å². The van der Waals surface area contributed by atoms with Crippen LogP contribution in [-0.4, -0.2) is 28.1 Å². The molecule has 6 aliphatic heterocycles. The van der Waals surface area contributed by atoms with Crippen LogP contribution in [0.25, 0.3) is 140 Å². The van der Waals surface area contributed by atoms with E-state index in [4.69, 9.17) is 39.4 Å². The SMILES string of the molecule is [C-]#[N+]c1ccc2c[n+]3n(c2c1)-c1c(C)c(C)c(C)c(C)c1C3.[C-]#[N+]c1ccc2c[n+]3n(c2c1)-c1c(C)c(C)cc(C)c1C3.[C-]#[N+]c1ccc2c[n+]3n(c2c1)-c1c(cc(C)c(C)c1C)C3.[C-]#[N+]c1ccc2c[n+]3n(c2c1)-c1c(ccc(C)c1C)C3.[C-]#[N+]c1ccc2c[n+]3n(c2c1)-c1cc(-c2ccccc2)ccc1C3.[C-]#[N+]c1ccc2c[n+]3n(c2c1)-c1cc(C)c(C)c(C)c1C3. The van der Waals surface area contributed by atoms with E-state index in [2.05, 4.69) is 299 Å². The summed E-state index contributed by atoms with van der Waals surface area (Å²) < 4.78 is 27.0. The third kappa shape index (κ3) is 13.1. The van der Waals surface area contributed by atoms with Crippen molar-refractivity contribution in [1.82, 2.24) is 28.1 Å². The van der Waals surface area contributed by atoms with Crippen molar-refractivity contribution in [2.24, 2.45) is 0 Å². The molecule has 18 heteroatoms. The molecule has 19 aromatic rings. The number of hydrogen-bond donors (Lipinski definition) is 0. The van der Waals surface area contributed by atoms with Gasteiger partial charge in [0.2, 0.25) is 37.2 Å². The molecule has 129 heavy (non-hydrogen) atoms. The maximum atomic E-state index is 7.27. The number of fused-ring (bicyclic) bond motifs is 30. The van der Waals surface area contributed by atoms with E-state index in [1.165, 1.54) is 189 Å². The summed E-state index contributed by atoms with van der Waals surface area (Å²) >= 11 is 0. The minimum atomic E-state index is 0.677. The molecule has 13 aromatic carbocycles. The molecule has 0 saturated carbocycles. The second-order valence-corrected chi connectivity index (χ2v) is 35.3. The molecule has 0 spiro atoms. The molecule has 0 bridgehead atoms. The number of aromatic nitrogens is 12. The molecule has 0 saturated heterocycles. The molecule has 0 fully saturated rings. The standard InChI is InChI=1S/C21H14N3.C19H18N3.3C18H16N3.C17H14N3/c1-22-19-10-9-18-14-23-13-17-8-7-16(15-5-3-2-4-6-15)11-20(17)24(23)21(18)12-19;1-11-12(2)14(4)19-17(13(11)3)10-21-9-15-6-7-16(20-5)8-18(15)22(19)21;1-11-7-15-10-20-9-14-5-6-16(19-4)8-17(14)21(20)18(15)13(3)12(11)2;1-11-7-18-16(13(3)12(11)2)10-20-9-14-5-6-15(19-4)8-17(14)21(18)20;1-11-7-12(2)16-10-20-9-14-5-6-15(19-4)8-17(14)21(20)18(16)13(11)3;1-11-4-5-14-10-19-9-13-6-7-15(18-3)8-16(13)20(19)17(14)12(11)2/h2-12,14H,13H2;6-9H,10H2,1-4H3;3*5-9H,10H2,1-3H3;4-9H,10H2,1-2H3/q6*+1. The van der Waals surface area contributed by atoms with E-state index in [0.717, 1.165) is 77.8 Å². The van der Waals surface area contributed by atoms with Gasteiger partial charge in [-0.25, -0.2) is 29.1 Å². The van der Waals surface area contributed by atoms with E-state index in [0.29, 0.717) is 34.1 Å². The van der Waals surface area contributed by atoms with E-state index in [1.54, 1.807) is 0 Å². The van der Waals surface area contributed by atoms with Gasteiger partial charge in [0.05, 0.1) is 88.4 Å². The average Bonchev–Trinajstić information content (AvgIpc) is 1.55. The van der Waals surface area contributed by atoms with Crippen LogP contribution in [0.15, 0.2) is 225 Å². The van der Waals surface area contributed by atoms with Crippen LogP contribution in [0.5, 0.6) is 0 Å². The highest BCUT2D eigenvalue weighted by molar-refractivity contribution is 5.90. The van der Waals surface area contributed by atoms with Crippen LogP contribution >= 0.6 is 0 Å². The highest BCUT2D eigenvalue weighted by Crippen LogP contribution is 2.41. The van der Waals surface area contributed by atoms with Crippen LogP contribution < -0.4 is 28.1 Å². The average molecular weight is 1680 g/mol. The molecule has 622 valence electrons. The van der Waals surface area contributed by atoms with E-state index in [1.807, 2.05) is 115 Å². The summed E-state index contributed by atoms with van der Waals surface area (Å²) in [7, 11) is 0. The van der Waals surface area contributed by atoms with Crippen molar-refractivity contribution in [2.75, 3.05) is 0 Å². The summed E-state index contributed by atoms with van der Waals surface area (Å²) in [5.74, 6) is 0. The second kappa shape index (κ2) is 31.1. The molecule has 6 aliphatic rings. The van der Waals surface area contributed by atoms with Crippen LogP contribution in [0.1, 0.15) is 117 Å². The fourth-order valence-electron chi connectivity index (χ4n) is 20.3. The zero-order valence-corrected chi connectivity index (χ0v) is 75.2. The number of benzene rings is 13. The molecule has 0 N–H and O–H groups in total. The van der Waals surface area contributed by atoms with Gasteiger partial charge in [-0.1, -0.05) is 121 Å². The Morgan fingerprint density at radius 1 is 0.217 bits per heavy atom. The van der Waals surface area contributed by atoms with Crippen molar-refractivity contribution >= 4 is 99.5 Å². The number of nitrogens with zero attached hydrogens (tertiary/aromatic N) is 18. The van der Waals surface area contributed by atoms with Gasteiger partial charge in [-0.3, -0.25) is 0 Å². The number of rotatable bonds is 1. The van der Waals surface area contributed by atoms with Gasteiger partial charge in [-0.15, -0.1) is 56.2 Å². The Labute approximate surface area is 750 Å². The molecule has 6 aromatic heterocycles. The number of aryl methyl sites for hydroxylation is 5. The van der Waals surface area contributed by atoms with E-state index in [9.17, 15) is 0 Å². The van der Waals surface area contributed by atoms with Crippen LogP contribution in [-0.2, 0) is 39.3 Å². The van der Waals surface area contributed by atoms with Crippen molar-refractivity contribution < 1.29 is 28.1 Å². The fourth-order valence-corrected chi connectivity index (χ4v) is 20.3. The Hall–Kier alpha value is -16.4. The maximum absolute atomic E-state index is 7.27. The predicted octanol–water partition coefficient (Wildman–Crippen LogP) is 23.3.